The SMILES string of the molecule is C#Cc1c2cc(Cn3c(CC)nc4c(C)cc(C)nc43)ccc2nn1-c1ccccc1C(=O)O. The van der Waals surface area contributed by atoms with Crippen molar-refractivity contribution in [2.45, 2.75) is 33.7 Å². The molecule has 34 heavy (non-hydrogen) atoms. The number of aromatic nitrogens is 5. The lowest BCUT2D eigenvalue weighted by Gasteiger charge is -2.09. The highest BCUT2D eigenvalue weighted by molar-refractivity contribution is 5.93. The van der Waals surface area contributed by atoms with Gasteiger partial charge in [0, 0.05) is 17.5 Å². The molecule has 0 spiro atoms. The molecular formula is C27H23N5O2. The zero-order chi connectivity index (χ0) is 24.0. The van der Waals surface area contributed by atoms with Crippen molar-refractivity contribution in [3.8, 4) is 18.0 Å². The molecule has 7 heteroatoms. The van der Waals surface area contributed by atoms with Gasteiger partial charge in [-0.2, -0.15) is 5.10 Å². The Morgan fingerprint density at radius 3 is 2.65 bits per heavy atom. The summed E-state index contributed by atoms with van der Waals surface area (Å²) in [6.07, 6.45) is 6.67. The number of rotatable bonds is 5. The largest absolute Gasteiger partial charge is 0.478 e. The topological polar surface area (TPSA) is 85.8 Å². The molecule has 0 amide bonds. The minimum atomic E-state index is -1.03. The number of nitrogens with zero attached hydrogens (tertiary/aromatic N) is 5. The van der Waals surface area contributed by atoms with E-state index in [9.17, 15) is 9.90 Å². The van der Waals surface area contributed by atoms with Gasteiger partial charge in [-0.3, -0.25) is 0 Å². The standard InChI is InChI=1S/C27H23N5O2/c1-5-22-20-14-18(15-31-24(6-2)29-25-16(3)13-17(4)28-26(25)31)11-12-21(20)30-32(22)23-10-8-7-9-19(23)27(33)34/h1,7-14H,6,15H2,2-4H3,(H,33,34). The number of carboxylic acids is 1. The van der Waals surface area contributed by atoms with Crippen molar-refractivity contribution in [3.63, 3.8) is 0 Å². The van der Waals surface area contributed by atoms with Crippen LogP contribution in [0.3, 0.4) is 0 Å². The molecule has 0 aliphatic rings. The summed E-state index contributed by atoms with van der Waals surface area (Å²) < 4.78 is 3.69. The highest BCUT2D eigenvalue weighted by atomic mass is 16.4. The van der Waals surface area contributed by atoms with Crippen LogP contribution in [0.15, 0.2) is 48.5 Å². The average molecular weight is 450 g/mol. The van der Waals surface area contributed by atoms with Crippen LogP contribution in [-0.4, -0.2) is 35.4 Å². The summed E-state index contributed by atoms with van der Waals surface area (Å²) in [7, 11) is 0. The molecule has 168 valence electrons. The van der Waals surface area contributed by atoms with E-state index < -0.39 is 5.97 Å². The third-order valence-electron chi connectivity index (χ3n) is 5.99. The number of carboxylic acid groups (broad SMARTS) is 1. The van der Waals surface area contributed by atoms with Gasteiger partial charge >= 0.3 is 5.97 Å². The fourth-order valence-electron chi connectivity index (χ4n) is 4.45. The molecule has 0 unspecified atom stereocenters. The number of pyridine rings is 1. The first-order chi connectivity index (χ1) is 16.4. The molecular weight excluding hydrogens is 426 g/mol. The normalized spacial score (nSPS) is 11.2. The van der Waals surface area contributed by atoms with E-state index in [2.05, 4.69) is 29.4 Å². The van der Waals surface area contributed by atoms with Crippen LogP contribution in [0, 0.1) is 26.2 Å². The Morgan fingerprint density at radius 2 is 1.91 bits per heavy atom. The smallest absolute Gasteiger partial charge is 0.337 e. The number of imidazole rings is 1. The zero-order valence-corrected chi connectivity index (χ0v) is 19.2. The van der Waals surface area contributed by atoms with Gasteiger partial charge in [0.05, 0.1) is 23.3 Å². The summed E-state index contributed by atoms with van der Waals surface area (Å²) in [5, 5.41) is 15.0. The van der Waals surface area contributed by atoms with Gasteiger partial charge in [-0.05, 0) is 61.2 Å². The summed E-state index contributed by atoms with van der Waals surface area (Å²) in [6.45, 7) is 6.72. The van der Waals surface area contributed by atoms with Gasteiger partial charge < -0.3 is 9.67 Å². The second-order valence-electron chi connectivity index (χ2n) is 8.30. The molecule has 5 rings (SSSR count). The van der Waals surface area contributed by atoms with Crippen molar-refractivity contribution >= 4 is 28.0 Å². The minimum Gasteiger partial charge on any atom is -0.478 e. The van der Waals surface area contributed by atoms with Crippen LogP contribution in [0.25, 0.3) is 27.8 Å². The van der Waals surface area contributed by atoms with E-state index in [-0.39, 0.29) is 5.56 Å². The lowest BCUT2D eigenvalue weighted by molar-refractivity contribution is 0.0696. The van der Waals surface area contributed by atoms with Crippen molar-refractivity contribution in [3.05, 3.63) is 82.4 Å². The van der Waals surface area contributed by atoms with Crippen molar-refractivity contribution in [1.82, 2.24) is 24.3 Å². The second kappa shape index (κ2) is 8.16. The number of fused-ring (bicyclic) bond motifs is 2. The number of hydrogen-bond acceptors (Lipinski definition) is 4. The van der Waals surface area contributed by atoms with E-state index in [1.807, 2.05) is 31.2 Å². The van der Waals surface area contributed by atoms with E-state index in [0.717, 1.165) is 45.6 Å². The van der Waals surface area contributed by atoms with Crippen molar-refractivity contribution in [1.29, 1.82) is 0 Å². The fraction of sp³-hybridized carbons (Fsp3) is 0.185. The second-order valence-corrected chi connectivity index (χ2v) is 8.30. The molecule has 7 nitrogen and oxygen atoms in total. The molecule has 0 atom stereocenters. The Kier molecular flexibility index (Phi) is 5.14. The molecule has 1 N–H and O–H groups in total. The van der Waals surface area contributed by atoms with Gasteiger partial charge in [0.1, 0.15) is 17.0 Å². The maximum Gasteiger partial charge on any atom is 0.337 e. The number of aryl methyl sites for hydroxylation is 3. The average Bonchev–Trinajstić information content (AvgIpc) is 3.37. The number of para-hydroxylation sites is 1. The molecule has 0 saturated heterocycles. The molecule has 0 radical (unpaired) electrons. The predicted molar refractivity (Wildman–Crippen MR) is 131 cm³/mol. The van der Waals surface area contributed by atoms with Crippen LogP contribution >= 0.6 is 0 Å². The molecule has 2 aromatic carbocycles. The van der Waals surface area contributed by atoms with Gasteiger partial charge in [-0.15, -0.1) is 6.42 Å². The Hall–Kier alpha value is -4.44. The van der Waals surface area contributed by atoms with Crippen LogP contribution in [0.5, 0.6) is 0 Å². The van der Waals surface area contributed by atoms with Crippen molar-refractivity contribution < 1.29 is 9.90 Å². The Morgan fingerprint density at radius 1 is 1.12 bits per heavy atom. The highest BCUT2D eigenvalue weighted by Gasteiger charge is 2.18. The molecule has 0 fully saturated rings. The van der Waals surface area contributed by atoms with Crippen LogP contribution in [0.1, 0.15) is 45.6 Å². The summed E-state index contributed by atoms with van der Waals surface area (Å²) >= 11 is 0. The molecule has 0 aliphatic carbocycles. The first-order valence-electron chi connectivity index (χ1n) is 11.1. The Labute approximate surface area is 196 Å². The fourth-order valence-corrected chi connectivity index (χ4v) is 4.45. The van der Waals surface area contributed by atoms with Gasteiger partial charge in [-0.25, -0.2) is 19.4 Å². The van der Waals surface area contributed by atoms with Gasteiger partial charge in [0.15, 0.2) is 5.65 Å². The minimum absolute atomic E-state index is 0.140. The van der Waals surface area contributed by atoms with Gasteiger partial charge in [0.25, 0.3) is 0 Å². The third kappa shape index (κ3) is 3.41. The predicted octanol–water partition coefficient (Wildman–Crippen LogP) is 4.68. The Bertz CT molecular complexity index is 1630. The Balaban J connectivity index is 1.65. The van der Waals surface area contributed by atoms with E-state index in [1.54, 1.807) is 24.3 Å². The molecule has 0 aliphatic heterocycles. The highest BCUT2D eigenvalue weighted by Crippen LogP contribution is 2.26. The van der Waals surface area contributed by atoms with Gasteiger partial charge in [-0.1, -0.05) is 25.1 Å². The van der Waals surface area contributed by atoms with Crippen LogP contribution < -0.4 is 0 Å². The number of hydrogen-bond donors (Lipinski definition) is 1. The van der Waals surface area contributed by atoms with E-state index >= 15 is 0 Å². The van der Waals surface area contributed by atoms with E-state index in [4.69, 9.17) is 16.4 Å². The van der Waals surface area contributed by atoms with Gasteiger partial charge in [0.2, 0.25) is 0 Å². The maximum absolute atomic E-state index is 11.7. The summed E-state index contributed by atoms with van der Waals surface area (Å²) in [6, 6.07) is 14.7. The van der Waals surface area contributed by atoms with Crippen LogP contribution in [0.4, 0.5) is 0 Å². The van der Waals surface area contributed by atoms with E-state index in [1.165, 1.54) is 4.68 Å². The molecule has 0 bridgehead atoms. The number of carbonyl (C=O) groups is 1. The lowest BCUT2D eigenvalue weighted by Crippen LogP contribution is -2.07. The quantitative estimate of drug-likeness (QED) is 0.394. The summed E-state index contributed by atoms with van der Waals surface area (Å²) in [4.78, 5) is 21.3. The third-order valence-corrected chi connectivity index (χ3v) is 5.99. The lowest BCUT2D eigenvalue weighted by atomic mass is 10.1. The number of aromatic carboxylic acids is 1. The molecule has 5 aromatic rings. The van der Waals surface area contributed by atoms with E-state index in [0.29, 0.717) is 23.4 Å². The molecule has 3 heterocycles. The maximum atomic E-state index is 11.7. The molecule has 3 aromatic heterocycles. The number of benzene rings is 2. The number of terminal acetylenes is 1. The first kappa shape index (κ1) is 21.4. The van der Waals surface area contributed by atoms with Crippen molar-refractivity contribution in [2.24, 2.45) is 0 Å². The molecule has 0 saturated carbocycles. The first-order valence-corrected chi connectivity index (χ1v) is 11.1. The summed E-state index contributed by atoms with van der Waals surface area (Å²) in [5.74, 6) is 2.65. The van der Waals surface area contributed by atoms with Crippen molar-refractivity contribution in [2.75, 3.05) is 0 Å². The summed E-state index contributed by atoms with van der Waals surface area (Å²) in [5.41, 5.74) is 6.69. The zero-order valence-electron chi connectivity index (χ0n) is 19.2. The van der Waals surface area contributed by atoms with Crippen LogP contribution in [-0.2, 0) is 13.0 Å². The monoisotopic (exact) mass is 449 g/mol. The van der Waals surface area contributed by atoms with Crippen LogP contribution in [0.2, 0.25) is 0 Å².